The lowest BCUT2D eigenvalue weighted by Crippen LogP contribution is -2.48. The second-order valence-electron chi connectivity index (χ2n) is 8.14. The van der Waals surface area contributed by atoms with Crippen LogP contribution in [0, 0.1) is 5.82 Å². The van der Waals surface area contributed by atoms with Gasteiger partial charge in [-0.15, -0.1) is 0 Å². The van der Waals surface area contributed by atoms with E-state index in [1.807, 2.05) is 60.8 Å². The summed E-state index contributed by atoms with van der Waals surface area (Å²) in [5.41, 5.74) is 3.50. The Balaban J connectivity index is 1.49. The Bertz CT molecular complexity index is 1260. The molecule has 0 unspecified atom stereocenters. The number of carbonyl (C=O) groups excluding carboxylic acids is 2. The Morgan fingerprint density at radius 3 is 2.44 bits per heavy atom. The Morgan fingerprint density at radius 2 is 1.68 bits per heavy atom. The average Bonchev–Trinajstić information content (AvgIpc) is 3.26. The van der Waals surface area contributed by atoms with Gasteiger partial charge in [-0.1, -0.05) is 60.7 Å². The number of fused-ring (bicyclic) bond motifs is 1. The van der Waals surface area contributed by atoms with Crippen molar-refractivity contribution in [2.24, 2.45) is 0 Å². The topological polar surface area (TPSA) is 74.4 Å². The van der Waals surface area contributed by atoms with Crippen molar-refractivity contribution < 1.29 is 18.7 Å². The van der Waals surface area contributed by atoms with Crippen LogP contribution < -0.4 is 5.32 Å². The van der Waals surface area contributed by atoms with Crippen LogP contribution in [0.4, 0.5) is 9.18 Å². The average molecular weight is 460 g/mol. The lowest BCUT2D eigenvalue weighted by atomic mass is 10.0. The fourth-order valence-corrected chi connectivity index (χ4v) is 3.84. The molecule has 34 heavy (non-hydrogen) atoms. The first-order chi connectivity index (χ1) is 16.5. The monoisotopic (exact) mass is 459 g/mol. The fraction of sp³-hybridized carbons (Fsp3) is 0.185. The van der Waals surface area contributed by atoms with E-state index in [0.717, 1.165) is 27.6 Å². The number of alkyl carbamates (subject to hydrolysis) is 1. The second kappa shape index (κ2) is 10.7. The predicted molar refractivity (Wildman–Crippen MR) is 128 cm³/mol. The number of rotatable bonds is 8. The molecule has 4 rings (SSSR count). The van der Waals surface area contributed by atoms with Gasteiger partial charge in [0.1, 0.15) is 18.5 Å². The van der Waals surface area contributed by atoms with E-state index in [1.54, 1.807) is 19.2 Å². The minimum absolute atomic E-state index is 0.103. The van der Waals surface area contributed by atoms with E-state index in [0.29, 0.717) is 0 Å². The minimum Gasteiger partial charge on any atom is -0.445 e. The molecular formula is C27H26FN3O3. The summed E-state index contributed by atoms with van der Waals surface area (Å²) in [6.07, 6.45) is 1.47. The molecule has 0 radical (unpaired) electrons. The van der Waals surface area contributed by atoms with Gasteiger partial charge in [-0.3, -0.25) is 4.79 Å². The second-order valence-corrected chi connectivity index (χ2v) is 8.14. The van der Waals surface area contributed by atoms with Gasteiger partial charge in [0.25, 0.3) is 0 Å². The molecule has 0 aliphatic carbocycles. The number of likely N-dealkylation sites (N-methyl/N-ethyl adjacent to an activating group) is 1. The third kappa shape index (κ3) is 5.81. The number of ether oxygens (including phenoxy) is 1. The van der Waals surface area contributed by atoms with Crippen molar-refractivity contribution >= 4 is 22.9 Å². The summed E-state index contributed by atoms with van der Waals surface area (Å²) in [4.78, 5) is 30.7. The highest BCUT2D eigenvalue weighted by molar-refractivity contribution is 5.88. The molecule has 0 fully saturated rings. The quantitative estimate of drug-likeness (QED) is 0.397. The molecule has 4 aromatic rings. The van der Waals surface area contributed by atoms with Crippen LogP contribution in [-0.4, -0.2) is 35.0 Å². The van der Waals surface area contributed by atoms with Gasteiger partial charge in [0.05, 0.1) is 0 Å². The highest BCUT2D eigenvalue weighted by Gasteiger charge is 2.26. The van der Waals surface area contributed by atoms with E-state index < -0.39 is 12.1 Å². The van der Waals surface area contributed by atoms with Gasteiger partial charge in [0, 0.05) is 37.1 Å². The van der Waals surface area contributed by atoms with E-state index >= 15 is 0 Å². The molecule has 174 valence electrons. The van der Waals surface area contributed by atoms with Crippen molar-refractivity contribution in [2.75, 3.05) is 7.05 Å². The molecule has 0 aliphatic rings. The first kappa shape index (κ1) is 23.0. The number of nitrogens with one attached hydrogen (secondary N) is 2. The molecule has 1 heterocycles. The van der Waals surface area contributed by atoms with Gasteiger partial charge in [-0.05, 0) is 34.9 Å². The Hall–Kier alpha value is -4.13. The number of H-pyrrole nitrogens is 1. The number of hydrogen-bond acceptors (Lipinski definition) is 3. The van der Waals surface area contributed by atoms with Crippen LogP contribution in [0.1, 0.15) is 16.7 Å². The summed E-state index contributed by atoms with van der Waals surface area (Å²) in [6.45, 7) is 0.385. The van der Waals surface area contributed by atoms with Crippen molar-refractivity contribution in [2.45, 2.75) is 25.6 Å². The summed E-state index contributed by atoms with van der Waals surface area (Å²) in [5, 5.41) is 3.73. The summed E-state index contributed by atoms with van der Waals surface area (Å²) < 4.78 is 18.6. The normalized spacial score (nSPS) is 11.7. The molecule has 0 bridgehead atoms. The molecule has 1 atom stereocenters. The lowest BCUT2D eigenvalue weighted by molar-refractivity contribution is -0.132. The smallest absolute Gasteiger partial charge is 0.408 e. The molecule has 2 N–H and O–H groups in total. The summed E-state index contributed by atoms with van der Waals surface area (Å²) in [7, 11) is 1.66. The molecule has 0 saturated carbocycles. The third-order valence-electron chi connectivity index (χ3n) is 5.61. The van der Waals surface area contributed by atoms with Crippen LogP contribution in [-0.2, 0) is 29.1 Å². The summed E-state index contributed by atoms with van der Waals surface area (Å²) >= 11 is 0. The lowest BCUT2D eigenvalue weighted by Gasteiger charge is -2.24. The summed E-state index contributed by atoms with van der Waals surface area (Å²) in [6, 6.07) is 22.3. The van der Waals surface area contributed by atoms with Gasteiger partial charge < -0.3 is 19.9 Å². The first-order valence-electron chi connectivity index (χ1n) is 11.0. The number of nitrogens with zero attached hydrogens (tertiary/aromatic N) is 1. The third-order valence-corrected chi connectivity index (χ3v) is 5.61. The number of carbonyl (C=O) groups is 2. The molecule has 0 saturated heterocycles. The fourth-order valence-electron chi connectivity index (χ4n) is 3.84. The zero-order valence-electron chi connectivity index (χ0n) is 18.8. The molecule has 3 aromatic carbocycles. The SMILES string of the molecule is CN(Cc1ccc(F)cc1)C(=O)[C@H](Cc1c[nH]c2ccccc12)NC(=O)OCc1ccccc1. The molecular weight excluding hydrogens is 433 g/mol. The molecule has 0 spiro atoms. The molecule has 7 heteroatoms. The van der Waals surface area contributed by atoms with Crippen LogP contribution in [0.25, 0.3) is 10.9 Å². The van der Waals surface area contributed by atoms with Gasteiger partial charge in [-0.2, -0.15) is 0 Å². The van der Waals surface area contributed by atoms with Crippen molar-refractivity contribution in [3.8, 4) is 0 Å². The van der Waals surface area contributed by atoms with Gasteiger partial charge in [-0.25, -0.2) is 9.18 Å². The standard InChI is InChI=1S/C27H26FN3O3/c1-31(17-19-11-13-22(28)14-12-19)26(32)25(15-21-16-29-24-10-6-5-9-23(21)24)30-27(33)34-18-20-7-3-2-4-8-20/h2-14,16,25,29H,15,17-18H2,1H3,(H,30,33)/t25-/m0/s1. The van der Waals surface area contributed by atoms with E-state index in [1.165, 1.54) is 17.0 Å². The Kier molecular flexibility index (Phi) is 7.22. The maximum atomic E-state index is 13.4. The minimum atomic E-state index is -0.840. The zero-order valence-corrected chi connectivity index (χ0v) is 18.8. The Labute approximate surface area is 197 Å². The molecule has 6 nitrogen and oxygen atoms in total. The molecule has 1 aromatic heterocycles. The highest BCUT2D eigenvalue weighted by Crippen LogP contribution is 2.20. The maximum Gasteiger partial charge on any atom is 0.408 e. The van der Waals surface area contributed by atoms with E-state index in [4.69, 9.17) is 4.74 Å². The van der Waals surface area contributed by atoms with Crippen LogP contribution in [0.2, 0.25) is 0 Å². The first-order valence-corrected chi connectivity index (χ1v) is 11.0. The van der Waals surface area contributed by atoms with Crippen molar-refractivity contribution in [3.63, 3.8) is 0 Å². The molecule has 0 aliphatic heterocycles. The number of para-hydroxylation sites is 1. The van der Waals surface area contributed by atoms with Gasteiger partial charge in [0.2, 0.25) is 5.91 Å². The van der Waals surface area contributed by atoms with Crippen LogP contribution in [0.5, 0.6) is 0 Å². The van der Waals surface area contributed by atoms with Crippen LogP contribution >= 0.6 is 0 Å². The number of amides is 2. The van der Waals surface area contributed by atoms with E-state index in [2.05, 4.69) is 10.3 Å². The van der Waals surface area contributed by atoms with Gasteiger partial charge >= 0.3 is 6.09 Å². The largest absolute Gasteiger partial charge is 0.445 e. The zero-order chi connectivity index (χ0) is 23.9. The van der Waals surface area contributed by atoms with Crippen molar-refractivity contribution in [1.29, 1.82) is 0 Å². The Morgan fingerprint density at radius 1 is 0.971 bits per heavy atom. The van der Waals surface area contributed by atoms with Crippen molar-refractivity contribution in [3.05, 3.63) is 108 Å². The number of aromatic amines is 1. The van der Waals surface area contributed by atoms with Crippen molar-refractivity contribution in [1.82, 2.24) is 15.2 Å². The molecule has 2 amide bonds. The maximum absolute atomic E-state index is 13.4. The number of hydrogen-bond donors (Lipinski definition) is 2. The van der Waals surface area contributed by atoms with Gasteiger partial charge in [0.15, 0.2) is 0 Å². The number of aromatic nitrogens is 1. The number of halogens is 1. The number of benzene rings is 3. The van der Waals surface area contributed by atoms with Crippen LogP contribution in [0.3, 0.4) is 0 Å². The predicted octanol–water partition coefficient (Wildman–Crippen LogP) is 4.80. The van der Waals surface area contributed by atoms with Crippen LogP contribution in [0.15, 0.2) is 85.1 Å². The summed E-state index contributed by atoms with van der Waals surface area (Å²) in [5.74, 6) is -0.607. The van der Waals surface area contributed by atoms with E-state index in [-0.39, 0.29) is 31.3 Å². The van der Waals surface area contributed by atoms with E-state index in [9.17, 15) is 14.0 Å². The highest BCUT2D eigenvalue weighted by atomic mass is 19.1.